The minimum atomic E-state index is -0.556. The molecule has 0 aromatic heterocycles. The van der Waals surface area contributed by atoms with E-state index in [-0.39, 0.29) is 6.61 Å². The van der Waals surface area contributed by atoms with Crippen molar-refractivity contribution in [2.24, 2.45) is 0 Å². The van der Waals surface area contributed by atoms with Crippen LogP contribution in [0.3, 0.4) is 0 Å². The van der Waals surface area contributed by atoms with Crippen LogP contribution in [-0.2, 0) is 0 Å². The molecule has 21 heavy (non-hydrogen) atoms. The first kappa shape index (κ1) is 16.1. The predicted octanol–water partition coefficient (Wildman–Crippen LogP) is 3.76. The van der Waals surface area contributed by atoms with Crippen LogP contribution in [0.4, 0.5) is 5.69 Å². The molecule has 0 fully saturated rings. The summed E-state index contributed by atoms with van der Waals surface area (Å²) in [5, 5.41) is 13.3. The Bertz CT molecular complexity index is 581. The highest BCUT2D eigenvalue weighted by atomic mass is 127. The number of nitrogens with one attached hydrogen (secondary N) is 1. The Morgan fingerprint density at radius 1 is 1.10 bits per heavy atom. The van der Waals surface area contributed by atoms with E-state index >= 15 is 0 Å². The van der Waals surface area contributed by atoms with Gasteiger partial charge in [0, 0.05) is 15.8 Å². The van der Waals surface area contributed by atoms with E-state index in [2.05, 4.69) is 27.9 Å². The number of para-hydroxylation sites is 2. The molecule has 112 valence electrons. The fourth-order valence-electron chi connectivity index (χ4n) is 2.10. The van der Waals surface area contributed by atoms with Gasteiger partial charge in [0.15, 0.2) is 0 Å². The summed E-state index contributed by atoms with van der Waals surface area (Å²) in [5.74, 6) is 0.867. The fraction of sp³-hybridized carbons (Fsp3) is 0.294. The van der Waals surface area contributed by atoms with Crippen LogP contribution in [0.15, 0.2) is 42.5 Å². The first-order valence-corrected chi connectivity index (χ1v) is 8.01. The summed E-state index contributed by atoms with van der Waals surface area (Å²) in [7, 11) is 0. The molecule has 1 unspecified atom stereocenters. The molecule has 0 amide bonds. The van der Waals surface area contributed by atoms with Gasteiger partial charge in [-0.1, -0.05) is 30.3 Å². The number of aliphatic hydroxyl groups excluding tert-OH is 1. The van der Waals surface area contributed by atoms with Crippen molar-refractivity contribution in [3.8, 4) is 5.75 Å². The van der Waals surface area contributed by atoms with Crippen molar-refractivity contribution >= 4 is 28.3 Å². The molecule has 1 atom stereocenters. The Morgan fingerprint density at radius 2 is 1.76 bits per heavy atom. The zero-order chi connectivity index (χ0) is 15.2. The normalized spacial score (nSPS) is 12.0. The zero-order valence-electron chi connectivity index (χ0n) is 12.3. The quantitative estimate of drug-likeness (QED) is 0.730. The third-order valence-corrected chi connectivity index (χ3v) is 4.17. The Labute approximate surface area is 139 Å². The van der Waals surface area contributed by atoms with Crippen LogP contribution in [0.25, 0.3) is 0 Å². The van der Waals surface area contributed by atoms with E-state index in [0.717, 1.165) is 26.1 Å². The van der Waals surface area contributed by atoms with Crippen LogP contribution < -0.4 is 10.1 Å². The number of aryl methyl sites for hydroxylation is 2. The molecule has 2 rings (SSSR count). The van der Waals surface area contributed by atoms with Crippen molar-refractivity contribution in [3.63, 3.8) is 0 Å². The van der Waals surface area contributed by atoms with Crippen LogP contribution in [-0.4, -0.2) is 24.4 Å². The van der Waals surface area contributed by atoms with Gasteiger partial charge in [0.25, 0.3) is 0 Å². The lowest BCUT2D eigenvalue weighted by atomic mass is 10.1. The van der Waals surface area contributed by atoms with E-state index in [1.807, 2.05) is 56.3 Å². The van der Waals surface area contributed by atoms with Crippen molar-refractivity contribution in [3.05, 3.63) is 57.2 Å². The number of anilines is 1. The van der Waals surface area contributed by atoms with Gasteiger partial charge in [0.1, 0.15) is 18.5 Å². The summed E-state index contributed by atoms with van der Waals surface area (Å²) in [6, 6.07) is 14.0. The highest BCUT2D eigenvalue weighted by molar-refractivity contribution is 14.1. The van der Waals surface area contributed by atoms with E-state index < -0.39 is 6.10 Å². The molecule has 0 aliphatic heterocycles. The Balaban J connectivity index is 1.85. The first-order valence-electron chi connectivity index (χ1n) is 6.93. The van der Waals surface area contributed by atoms with Gasteiger partial charge < -0.3 is 15.2 Å². The third-order valence-electron chi connectivity index (χ3n) is 3.23. The van der Waals surface area contributed by atoms with Gasteiger partial charge in [-0.05, 0) is 59.7 Å². The zero-order valence-corrected chi connectivity index (χ0v) is 14.4. The van der Waals surface area contributed by atoms with E-state index in [9.17, 15) is 5.11 Å². The third kappa shape index (κ3) is 4.61. The summed E-state index contributed by atoms with van der Waals surface area (Å²) in [4.78, 5) is 0. The molecule has 0 saturated carbocycles. The van der Waals surface area contributed by atoms with Crippen molar-refractivity contribution in [2.75, 3.05) is 18.5 Å². The average molecular weight is 397 g/mol. The summed E-state index contributed by atoms with van der Waals surface area (Å²) < 4.78 is 6.89. The van der Waals surface area contributed by atoms with Crippen LogP contribution in [0.2, 0.25) is 0 Å². The summed E-state index contributed by atoms with van der Waals surface area (Å²) in [6.45, 7) is 4.77. The van der Waals surface area contributed by atoms with Crippen LogP contribution in [0.5, 0.6) is 5.75 Å². The number of benzene rings is 2. The number of hydrogen-bond donors (Lipinski definition) is 2. The molecule has 2 aromatic carbocycles. The SMILES string of the molecule is Cc1cccc(C)c1OCC(O)CNc1ccccc1I. The molecule has 0 aliphatic carbocycles. The second-order valence-electron chi connectivity index (χ2n) is 5.05. The molecular formula is C17H20INO2. The summed E-state index contributed by atoms with van der Waals surface area (Å²) in [5.41, 5.74) is 3.21. The largest absolute Gasteiger partial charge is 0.490 e. The van der Waals surface area contributed by atoms with E-state index in [1.165, 1.54) is 0 Å². The smallest absolute Gasteiger partial charge is 0.125 e. The summed E-state index contributed by atoms with van der Waals surface area (Å²) in [6.07, 6.45) is -0.556. The maximum absolute atomic E-state index is 10.1. The molecule has 0 bridgehead atoms. The van der Waals surface area contributed by atoms with Gasteiger partial charge in [-0.2, -0.15) is 0 Å². The van der Waals surface area contributed by atoms with Crippen LogP contribution >= 0.6 is 22.6 Å². The minimum Gasteiger partial charge on any atom is -0.490 e. The molecule has 3 nitrogen and oxygen atoms in total. The van der Waals surface area contributed by atoms with Crippen molar-refractivity contribution in [2.45, 2.75) is 20.0 Å². The lowest BCUT2D eigenvalue weighted by molar-refractivity contribution is 0.117. The predicted molar refractivity (Wildman–Crippen MR) is 95.1 cm³/mol. The van der Waals surface area contributed by atoms with Gasteiger partial charge in [-0.3, -0.25) is 0 Å². The first-order chi connectivity index (χ1) is 10.1. The van der Waals surface area contributed by atoms with Crippen LogP contribution in [0, 0.1) is 17.4 Å². The van der Waals surface area contributed by atoms with E-state index in [0.29, 0.717) is 6.54 Å². The van der Waals surface area contributed by atoms with Crippen LogP contribution in [0.1, 0.15) is 11.1 Å². The highest BCUT2D eigenvalue weighted by Crippen LogP contribution is 2.22. The second-order valence-corrected chi connectivity index (χ2v) is 6.21. The number of aliphatic hydroxyl groups is 1. The number of hydrogen-bond acceptors (Lipinski definition) is 3. The molecular weight excluding hydrogens is 377 g/mol. The van der Waals surface area contributed by atoms with Crippen molar-refractivity contribution in [1.29, 1.82) is 0 Å². The number of halogens is 1. The Hall–Kier alpha value is -1.27. The van der Waals surface area contributed by atoms with E-state index in [1.54, 1.807) is 0 Å². The average Bonchev–Trinajstić information content (AvgIpc) is 2.46. The monoisotopic (exact) mass is 397 g/mol. The standard InChI is InChI=1S/C17H20INO2/c1-12-6-5-7-13(2)17(12)21-11-14(20)10-19-16-9-4-3-8-15(16)18/h3-9,14,19-20H,10-11H2,1-2H3. The topological polar surface area (TPSA) is 41.5 Å². The molecule has 2 N–H and O–H groups in total. The van der Waals surface area contributed by atoms with Gasteiger partial charge in [0.05, 0.1) is 0 Å². The Morgan fingerprint density at radius 3 is 2.43 bits per heavy atom. The molecule has 0 saturated heterocycles. The molecule has 0 aliphatic rings. The van der Waals surface area contributed by atoms with Gasteiger partial charge >= 0.3 is 0 Å². The molecule has 0 spiro atoms. The lowest BCUT2D eigenvalue weighted by Gasteiger charge is -2.17. The molecule has 0 radical (unpaired) electrons. The molecule has 2 aromatic rings. The Kier molecular flexibility index (Phi) is 5.87. The molecule has 0 heterocycles. The van der Waals surface area contributed by atoms with Gasteiger partial charge in [-0.25, -0.2) is 0 Å². The number of rotatable bonds is 6. The van der Waals surface area contributed by atoms with Crippen molar-refractivity contribution < 1.29 is 9.84 Å². The second kappa shape index (κ2) is 7.66. The highest BCUT2D eigenvalue weighted by Gasteiger charge is 2.09. The summed E-state index contributed by atoms with van der Waals surface area (Å²) >= 11 is 2.27. The van der Waals surface area contributed by atoms with E-state index in [4.69, 9.17) is 4.74 Å². The minimum absolute atomic E-state index is 0.280. The number of ether oxygens (including phenoxy) is 1. The molecule has 4 heteroatoms. The lowest BCUT2D eigenvalue weighted by Crippen LogP contribution is -2.26. The van der Waals surface area contributed by atoms with Crippen molar-refractivity contribution in [1.82, 2.24) is 0 Å². The van der Waals surface area contributed by atoms with Gasteiger partial charge in [0.2, 0.25) is 0 Å². The maximum atomic E-state index is 10.1. The fourth-order valence-corrected chi connectivity index (χ4v) is 2.68. The maximum Gasteiger partial charge on any atom is 0.125 e. The van der Waals surface area contributed by atoms with Gasteiger partial charge in [-0.15, -0.1) is 0 Å².